The summed E-state index contributed by atoms with van der Waals surface area (Å²) >= 11 is 0. The van der Waals surface area contributed by atoms with Crippen LogP contribution in [0.1, 0.15) is 16.7 Å². The first-order chi connectivity index (χ1) is 13.5. The minimum atomic E-state index is -0.269. The van der Waals surface area contributed by atoms with E-state index in [2.05, 4.69) is 15.6 Å². The van der Waals surface area contributed by atoms with Gasteiger partial charge in [0, 0.05) is 12.1 Å². The molecule has 2 aromatic carbocycles. The Hall–Kier alpha value is -3.41. The third-order valence-corrected chi connectivity index (χ3v) is 4.38. The molecule has 0 unspecified atom stereocenters. The number of pyridine rings is 1. The first-order valence-electron chi connectivity index (χ1n) is 8.95. The molecule has 3 aromatic rings. The Bertz CT molecular complexity index is 958. The second-order valence-corrected chi connectivity index (χ2v) is 6.41. The van der Waals surface area contributed by atoms with E-state index in [9.17, 15) is 9.18 Å². The number of nitrogens with zero attached hydrogens (tertiary/aromatic N) is 1. The Labute approximate surface area is 163 Å². The topological polar surface area (TPSA) is 63.2 Å². The molecule has 1 heterocycles. The van der Waals surface area contributed by atoms with Crippen molar-refractivity contribution in [1.82, 2.24) is 4.98 Å². The van der Waals surface area contributed by atoms with E-state index in [1.54, 1.807) is 36.5 Å². The highest BCUT2D eigenvalue weighted by molar-refractivity contribution is 5.91. The number of aromatic nitrogens is 1. The Kier molecular flexibility index (Phi) is 6.22. The van der Waals surface area contributed by atoms with Gasteiger partial charge < -0.3 is 15.4 Å². The molecular formula is C22H22FN3O2. The van der Waals surface area contributed by atoms with E-state index in [4.69, 9.17) is 4.74 Å². The zero-order chi connectivity index (χ0) is 19.9. The van der Waals surface area contributed by atoms with Crippen molar-refractivity contribution < 1.29 is 13.9 Å². The molecule has 0 radical (unpaired) electrons. The number of halogens is 1. The van der Waals surface area contributed by atoms with Crippen LogP contribution in [0.2, 0.25) is 0 Å². The van der Waals surface area contributed by atoms with E-state index in [0.29, 0.717) is 29.4 Å². The lowest BCUT2D eigenvalue weighted by atomic mass is 10.1. The maximum atomic E-state index is 13.6. The monoisotopic (exact) mass is 379 g/mol. The Morgan fingerprint density at radius 3 is 2.64 bits per heavy atom. The van der Waals surface area contributed by atoms with Gasteiger partial charge in [-0.3, -0.25) is 4.79 Å². The van der Waals surface area contributed by atoms with Crippen LogP contribution in [0.25, 0.3) is 0 Å². The lowest BCUT2D eigenvalue weighted by Crippen LogP contribution is -2.20. The second kappa shape index (κ2) is 8.99. The molecule has 5 nitrogen and oxygen atoms in total. The molecule has 144 valence electrons. The van der Waals surface area contributed by atoms with Crippen LogP contribution in [0.5, 0.6) is 5.75 Å². The number of nitrogens with one attached hydrogen (secondary N) is 2. The number of ether oxygens (including phenoxy) is 1. The van der Waals surface area contributed by atoms with Crippen molar-refractivity contribution in [2.24, 2.45) is 0 Å². The molecule has 3 rings (SSSR count). The maximum absolute atomic E-state index is 13.6. The van der Waals surface area contributed by atoms with Crippen LogP contribution in [-0.4, -0.2) is 17.5 Å². The van der Waals surface area contributed by atoms with Crippen LogP contribution in [0.4, 0.5) is 15.9 Å². The van der Waals surface area contributed by atoms with Crippen molar-refractivity contribution in [2.75, 3.05) is 17.2 Å². The van der Waals surface area contributed by atoms with E-state index in [1.807, 2.05) is 32.0 Å². The molecule has 0 atom stereocenters. The predicted molar refractivity (Wildman–Crippen MR) is 108 cm³/mol. The third kappa shape index (κ3) is 5.07. The highest BCUT2D eigenvalue weighted by Crippen LogP contribution is 2.20. The number of benzene rings is 2. The molecule has 6 heteroatoms. The van der Waals surface area contributed by atoms with Gasteiger partial charge in [-0.15, -0.1) is 0 Å². The summed E-state index contributed by atoms with van der Waals surface area (Å²) in [7, 11) is 0. The number of hydrogen-bond donors (Lipinski definition) is 2. The van der Waals surface area contributed by atoms with Gasteiger partial charge in [0.15, 0.2) is 6.61 Å². The molecule has 0 saturated carbocycles. The van der Waals surface area contributed by atoms with Gasteiger partial charge >= 0.3 is 0 Å². The zero-order valence-corrected chi connectivity index (χ0v) is 15.8. The molecule has 28 heavy (non-hydrogen) atoms. The van der Waals surface area contributed by atoms with E-state index in [1.165, 1.54) is 6.07 Å². The van der Waals surface area contributed by atoms with Crippen molar-refractivity contribution >= 4 is 17.4 Å². The number of anilines is 2. The van der Waals surface area contributed by atoms with Crippen LogP contribution in [0.3, 0.4) is 0 Å². The van der Waals surface area contributed by atoms with Gasteiger partial charge in [-0.1, -0.05) is 30.3 Å². The second-order valence-electron chi connectivity index (χ2n) is 6.41. The number of carbonyl (C=O) groups excluding carboxylic acids is 1. The number of amides is 1. The number of aryl methyl sites for hydroxylation is 1. The Morgan fingerprint density at radius 2 is 1.89 bits per heavy atom. The van der Waals surface area contributed by atoms with Crippen LogP contribution in [-0.2, 0) is 11.3 Å². The quantitative estimate of drug-likeness (QED) is 0.636. The van der Waals surface area contributed by atoms with Gasteiger partial charge in [0.05, 0.1) is 11.9 Å². The summed E-state index contributed by atoms with van der Waals surface area (Å²) in [5.41, 5.74) is 3.25. The third-order valence-electron chi connectivity index (χ3n) is 4.38. The summed E-state index contributed by atoms with van der Waals surface area (Å²) in [6, 6.07) is 15.8. The van der Waals surface area contributed by atoms with Crippen molar-refractivity contribution in [1.29, 1.82) is 0 Å². The van der Waals surface area contributed by atoms with Gasteiger partial charge in [0.1, 0.15) is 17.4 Å². The molecule has 0 spiro atoms. The summed E-state index contributed by atoms with van der Waals surface area (Å²) in [5.74, 6) is 0.756. The Balaban J connectivity index is 1.50. The van der Waals surface area contributed by atoms with Crippen LogP contribution in [0, 0.1) is 19.7 Å². The fourth-order valence-electron chi connectivity index (χ4n) is 2.62. The first-order valence-corrected chi connectivity index (χ1v) is 8.95. The van der Waals surface area contributed by atoms with Crippen LogP contribution >= 0.6 is 0 Å². The highest BCUT2D eigenvalue weighted by Gasteiger charge is 2.07. The average Bonchev–Trinajstić information content (AvgIpc) is 2.69. The summed E-state index contributed by atoms with van der Waals surface area (Å²) in [4.78, 5) is 16.3. The van der Waals surface area contributed by atoms with Crippen molar-refractivity contribution in [3.8, 4) is 5.75 Å². The van der Waals surface area contributed by atoms with E-state index < -0.39 is 0 Å². The molecule has 1 amide bonds. The molecule has 0 bridgehead atoms. The predicted octanol–water partition coefficient (Wildman–Crippen LogP) is 4.47. The zero-order valence-electron chi connectivity index (χ0n) is 15.8. The summed E-state index contributed by atoms with van der Waals surface area (Å²) in [6.45, 7) is 4.20. The SMILES string of the molecule is Cc1cccc(OCC(=O)Nc2ccc(NCc3ccccc3F)nc2)c1C. The number of carbonyl (C=O) groups is 1. The fraction of sp³-hybridized carbons (Fsp3) is 0.182. The molecule has 0 fully saturated rings. The molecule has 0 aliphatic carbocycles. The largest absolute Gasteiger partial charge is 0.483 e. The maximum Gasteiger partial charge on any atom is 0.262 e. The smallest absolute Gasteiger partial charge is 0.262 e. The first kappa shape index (κ1) is 19.4. The molecule has 1 aromatic heterocycles. The van der Waals surface area contributed by atoms with Gasteiger partial charge in [-0.25, -0.2) is 9.37 Å². The number of rotatable bonds is 7. The lowest BCUT2D eigenvalue weighted by Gasteiger charge is -2.11. The van der Waals surface area contributed by atoms with Gasteiger partial charge in [0.25, 0.3) is 5.91 Å². The van der Waals surface area contributed by atoms with E-state index >= 15 is 0 Å². The minimum absolute atomic E-state index is 0.0857. The fourth-order valence-corrected chi connectivity index (χ4v) is 2.62. The Morgan fingerprint density at radius 1 is 1.07 bits per heavy atom. The molecule has 0 aliphatic rings. The molecule has 0 saturated heterocycles. The highest BCUT2D eigenvalue weighted by atomic mass is 19.1. The minimum Gasteiger partial charge on any atom is -0.483 e. The summed E-state index contributed by atoms with van der Waals surface area (Å²) in [6.07, 6.45) is 1.54. The van der Waals surface area contributed by atoms with Crippen LogP contribution in [0.15, 0.2) is 60.8 Å². The van der Waals surface area contributed by atoms with Crippen molar-refractivity contribution in [3.63, 3.8) is 0 Å². The normalized spacial score (nSPS) is 10.4. The summed E-state index contributed by atoms with van der Waals surface area (Å²) < 4.78 is 19.2. The molecule has 2 N–H and O–H groups in total. The lowest BCUT2D eigenvalue weighted by molar-refractivity contribution is -0.118. The van der Waals surface area contributed by atoms with Gasteiger partial charge in [0.2, 0.25) is 0 Å². The van der Waals surface area contributed by atoms with Crippen molar-refractivity contribution in [3.05, 3.63) is 83.3 Å². The molecule has 0 aliphatic heterocycles. The average molecular weight is 379 g/mol. The van der Waals surface area contributed by atoms with E-state index in [0.717, 1.165) is 11.1 Å². The summed E-state index contributed by atoms with van der Waals surface area (Å²) in [5, 5.41) is 5.79. The number of hydrogen-bond acceptors (Lipinski definition) is 4. The van der Waals surface area contributed by atoms with Crippen molar-refractivity contribution in [2.45, 2.75) is 20.4 Å². The van der Waals surface area contributed by atoms with Crippen LogP contribution < -0.4 is 15.4 Å². The van der Waals surface area contributed by atoms with E-state index in [-0.39, 0.29) is 18.3 Å². The van der Waals surface area contributed by atoms with Gasteiger partial charge in [-0.2, -0.15) is 0 Å². The standard InChI is InChI=1S/C22H22FN3O2/c1-15-6-5-9-20(16(15)2)28-14-22(27)26-18-10-11-21(25-13-18)24-12-17-7-3-4-8-19(17)23/h3-11,13H,12,14H2,1-2H3,(H,24,25)(H,26,27). The molecular weight excluding hydrogens is 357 g/mol. The van der Waals surface area contributed by atoms with Gasteiger partial charge in [-0.05, 0) is 49.2 Å².